The maximum Gasteiger partial charge on any atom is 0.128 e. The summed E-state index contributed by atoms with van der Waals surface area (Å²) in [6.45, 7) is 0. The summed E-state index contributed by atoms with van der Waals surface area (Å²) < 4.78 is 0. The second-order valence-corrected chi connectivity index (χ2v) is 3.42. The Morgan fingerprint density at radius 3 is 2.62 bits per heavy atom. The molecule has 2 rings (SSSR count). The highest BCUT2D eigenvalue weighted by Gasteiger charge is 2.08. The van der Waals surface area contributed by atoms with Gasteiger partial charge in [-0.3, -0.25) is 0 Å². The molecule has 0 saturated carbocycles. The van der Waals surface area contributed by atoms with E-state index in [2.05, 4.69) is 11.1 Å². The second-order valence-electron chi connectivity index (χ2n) is 3.42. The van der Waals surface area contributed by atoms with Crippen LogP contribution in [-0.2, 0) is 6.42 Å². The third-order valence-electron chi connectivity index (χ3n) is 2.43. The minimum atomic E-state index is 0.282. The molecule has 0 aliphatic carbocycles. The Morgan fingerprint density at radius 2 is 1.94 bits per heavy atom. The van der Waals surface area contributed by atoms with Gasteiger partial charge in [-0.15, -0.1) is 0 Å². The molecule has 0 fully saturated rings. The molecule has 2 aromatic rings. The average Bonchev–Trinajstić information content (AvgIpc) is 2.33. The van der Waals surface area contributed by atoms with Crippen molar-refractivity contribution in [3.8, 4) is 17.2 Å². The molecule has 3 heteroatoms. The normalized spacial score (nSPS) is 9.69. The van der Waals surface area contributed by atoms with Gasteiger partial charge in [-0.05, 0) is 17.2 Å². The van der Waals surface area contributed by atoms with Crippen LogP contribution in [0.5, 0.6) is 0 Å². The standard InChI is InChI=1S/C13H11N3/c14-8-6-12-11(7-9-16-13(12)15)10-4-2-1-3-5-10/h1-5,7,9H,6H2,(H2,15,16). The molecule has 16 heavy (non-hydrogen) atoms. The van der Waals surface area contributed by atoms with Crippen molar-refractivity contribution >= 4 is 5.82 Å². The van der Waals surface area contributed by atoms with Gasteiger partial charge in [0, 0.05) is 11.8 Å². The van der Waals surface area contributed by atoms with Crippen LogP contribution in [0.4, 0.5) is 5.82 Å². The predicted molar refractivity (Wildman–Crippen MR) is 63.4 cm³/mol. The molecule has 3 nitrogen and oxygen atoms in total. The van der Waals surface area contributed by atoms with Crippen LogP contribution in [0.2, 0.25) is 0 Å². The molecule has 0 aliphatic rings. The quantitative estimate of drug-likeness (QED) is 0.826. The van der Waals surface area contributed by atoms with Crippen molar-refractivity contribution in [2.45, 2.75) is 6.42 Å². The first-order chi connectivity index (χ1) is 7.83. The topological polar surface area (TPSA) is 62.7 Å². The molecule has 78 valence electrons. The van der Waals surface area contributed by atoms with E-state index in [0.29, 0.717) is 5.82 Å². The van der Waals surface area contributed by atoms with E-state index in [1.807, 2.05) is 36.4 Å². The van der Waals surface area contributed by atoms with Gasteiger partial charge in [0.05, 0.1) is 12.5 Å². The van der Waals surface area contributed by atoms with Crippen molar-refractivity contribution in [1.29, 1.82) is 5.26 Å². The monoisotopic (exact) mass is 209 g/mol. The first kappa shape index (κ1) is 10.2. The van der Waals surface area contributed by atoms with E-state index in [1.54, 1.807) is 6.20 Å². The fourth-order valence-corrected chi connectivity index (χ4v) is 1.66. The van der Waals surface area contributed by atoms with E-state index < -0.39 is 0 Å². The minimum Gasteiger partial charge on any atom is -0.383 e. The number of aromatic nitrogens is 1. The summed E-state index contributed by atoms with van der Waals surface area (Å²) in [5.41, 5.74) is 8.62. The van der Waals surface area contributed by atoms with E-state index >= 15 is 0 Å². The molecular formula is C13H11N3. The summed E-state index contributed by atoms with van der Waals surface area (Å²) in [6.07, 6.45) is 1.95. The Hall–Kier alpha value is -2.34. The third-order valence-corrected chi connectivity index (χ3v) is 2.43. The zero-order chi connectivity index (χ0) is 11.4. The van der Waals surface area contributed by atoms with E-state index in [0.717, 1.165) is 16.7 Å². The van der Waals surface area contributed by atoms with Crippen LogP contribution in [0.1, 0.15) is 5.56 Å². The summed E-state index contributed by atoms with van der Waals surface area (Å²) in [7, 11) is 0. The molecule has 0 spiro atoms. The number of hydrogen-bond donors (Lipinski definition) is 1. The maximum absolute atomic E-state index is 8.78. The van der Waals surface area contributed by atoms with Crippen molar-refractivity contribution in [1.82, 2.24) is 4.98 Å². The maximum atomic E-state index is 8.78. The van der Waals surface area contributed by atoms with Crippen molar-refractivity contribution < 1.29 is 0 Å². The summed E-state index contributed by atoms with van der Waals surface area (Å²) >= 11 is 0. The average molecular weight is 209 g/mol. The lowest BCUT2D eigenvalue weighted by atomic mass is 9.99. The second kappa shape index (κ2) is 4.45. The van der Waals surface area contributed by atoms with Gasteiger partial charge in [0.2, 0.25) is 0 Å². The van der Waals surface area contributed by atoms with E-state index in [1.165, 1.54) is 0 Å². The lowest BCUT2D eigenvalue weighted by Gasteiger charge is -2.08. The van der Waals surface area contributed by atoms with E-state index in [9.17, 15) is 0 Å². The number of hydrogen-bond acceptors (Lipinski definition) is 3. The molecule has 0 aliphatic heterocycles. The molecule has 0 amide bonds. The fraction of sp³-hybridized carbons (Fsp3) is 0.0769. The number of nitriles is 1. The number of nitrogen functional groups attached to an aromatic ring is 1. The van der Waals surface area contributed by atoms with Crippen LogP contribution < -0.4 is 5.73 Å². The molecule has 2 N–H and O–H groups in total. The zero-order valence-corrected chi connectivity index (χ0v) is 8.72. The highest BCUT2D eigenvalue weighted by molar-refractivity contribution is 5.71. The molecule has 0 unspecified atom stereocenters. The molecule has 0 atom stereocenters. The number of pyridine rings is 1. The minimum absolute atomic E-state index is 0.282. The number of anilines is 1. The van der Waals surface area contributed by atoms with Crippen LogP contribution >= 0.6 is 0 Å². The molecule has 1 heterocycles. The summed E-state index contributed by atoms with van der Waals surface area (Å²) in [6, 6.07) is 13.9. The van der Waals surface area contributed by atoms with Crippen LogP contribution in [-0.4, -0.2) is 4.98 Å². The van der Waals surface area contributed by atoms with Gasteiger partial charge in [0.15, 0.2) is 0 Å². The molecule has 1 aromatic heterocycles. The SMILES string of the molecule is N#CCc1c(-c2ccccc2)ccnc1N. The summed E-state index contributed by atoms with van der Waals surface area (Å²) in [5, 5.41) is 8.78. The number of nitrogens with zero attached hydrogens (tertiary/aromatic N) is 2. The smallest absolute Gasteiger partial charge is 0.128 e. The first-order valence-corrected chi connectivity index (χ1v) is 4.98. The Kier molecular flexibility index (Phi) is 2.84. The number of nitrogens with two attached hydrogens (primary N) is 1. The van der Waals surface area contributed by atoms with Gasteiger partial charge in [0.25, 0.3) is 0 Å². The summed E-state index contributed by atoms with van der Waals surface area (Å²) in [4.78, 5) is 4.01. The number of rotatable bonds is 2. The molecular weight excluding hydrogens is 198 g/mol. The third kappa shape index (κ3) is 1.86. The Bertz CT molecular complexity index is 527. The molecule has 1 aromatic carbocycles. The van der Waals surface area contributed by atoms with Gasteiger partial charge in [-0.2, -0.15) is 5.26 Å². The van der Waals surface area contributed by atoms with Crippen molar-refractivity contribution in [3.05, 3.63) is 48.2 Å². The number of benzene rings is 1. The van der Waals surface area contributed by atoms with Crippen molar-refractivity contribution in [2.75, 3.05) is 5.73 Å². The largest absolute Gasteiger partial charge is 0.383 e. The fourth-order valence-electron chi connectivity index (χ4n) is 1.66. The van der Waals surface area contributed by atoms with E-state index in [4.69, 9.17) is 11.0 Å². The molecule has 0 saturated heterocycles. The van der Waals surface area contributed by atoms with Gasteiger partial charge in [-0.25, -0.2) is 4.98 Å². The van der Waals surface area contributed by atoms with Crippen molar-refractivity contribution in [2.24, 2.45) is 0 Å². The predicted octanol–water partition coefficient (Wildman–Crippen LogP) is 2.40. The van der Waals surface area contributed by atoms with Crippen LogP contribution in [0.25, 0.3) is 11.1 Å². The highest BCUT2D eigenvalue weighted by Crippen LogP contribution is 2.26. The lowest BCUT2D eigenvalue weighted by Crippen LogP contribution is -1.99. The summed E-state index contributed by atoms with van der Waals surface area (Å²) in [5.74, 6) is 0.433. The van der Waals surface area contributed by atoms with Crippen LogP contribution in [0.15, 0.2) is 42.6 Å². The Morgan fingerprint density at radius 1 is 1.19 bits per heavy atom. The van der Waals surface area contributed by atoms with Crippen molar-refractivity contribution in [3.63, 3.8) is 0 Å². The van der Waals surface area contributed by atoms with Crippen LogP contribution in [0, 0.1) is 11.3 Å². The van der Waals surface area contributed by atoms with Gasteiger partial charge in [0.1, 0.15) is 5.82 Å². The van der Waals surface area contributed by atoms with Gasteiger partial charge in [-0.1, -0.05) is 30.3 Å². The van der Waals surface area contributed by atoms with Gasteiger partial charge >= 0.3 is 0 Å². The highest BCUT2D eigenvalue weighted by atomic mass is 14.8. The Balaban J connectivity index is 2.57. The van der Waals surface area contributed by atoms with Crippen LogP contribution in [0.3, 0.4) is 0 Å². The zero-order valence-electron chi connectivity index (χ0n) is 8.72. The molecule has 0 bridgehead atoms. The lowest BCUT2D eigenvalue weighted by molar-refractivity contribution is 1.20. The Labute approximate surface area is 94.2 Å². The van der Waals surface area contributed by atoms with Gasteiger partial charge < -0.3 is 5.73 Å². The first-order valence-electron chi connectivity index (χ1n) is 4.98. The molecule has 0 radical (unpaired) electrons. The van der Waals surface area contributed by atoms with E-state index in [-0.39, 0.29) is 6.42 Å².